The fraction of sp³-hybridized carbons (Fsp3) is 0.357. The highest BCUT2D eigenvalue weighted by Crippen LogP contribution is 2.28. The van der Waals surface area contributed by atoms with Gasteiger partial charge in [0.15, 0.2) is 0 Å². The normalized spacial score (nSPS) is 12.2. The Morgan fingerprint density at radius 1 is 0.972 bits per heavy atom. The van der Waals surface area contributed by atoms with E-state index in [2.05, 4.69) is 5.32 Å². The topological polar surface area (TPSA) is 86.8 Å². The lowest BCUT2D eigenvalue weighted by Crippen LogP contribution is -2.51. The quantitative estimate of drug-likeness (QED) is 0.392. The molecule has 0 aliphatic carbocycles. The highest BCUT2D eigenvalue weighted by atomic mass is 32.2. The maximum Gasteiger partial charge on any atom is 0.244 e. The monoisotopic (exact) mass is 509 g/mol. The van der Waals surface area contributed by atoms with E-state index in [9.17, 15) is 18.0 Å². The van der Waals surface area contributed by atoms with E-state index >= 15 is 0 Å². The first kappa shape index (κ1) is 27.2. The molecule has 3 aromatic rings. The zero-order valence-electron chi connectivity index (χ0n) is 21.4. The molecule has 2 amide bonds. The molecule has 0 saturated carbocycles. The number of benzene rings is 3. The van der Waals surface area contributed by atoms with E-state index in [1.807, 2.05) is 68.4 Å². The highest BCUT2D eigenvalue weighted by Gasteiger charge is 2.30. The van der Waals surface area contributed by atoms with Gasteiger partial charge in [0.1, 0.15) is 12.6 Å². The third kappa shape index (κ3) is 6.63. The maximum atomic E-state index is 13.7. The van der Waals surface area contributed by atoms with Crippen molar-refractivity contribution in [3.8, 4) is 0 Å². The SMILES string of the molecule is CCCCNC(=O)[C@@H](C)N(Cc1ccccc1C)C(=O)CN(c1cccc2ccccc12)S(C)(=O)=O. The molecule has 3 rings (SSSR count). The summed E-state index contributed by atoms with van der Waals surface area (Å²) in [5, 5.41) is 4.50. The number of hydrogen-bond donors (Lipinski definition) is 1. The first-order chi connectivity index (χ1) is 17.1. The van der Waals surface area contributed by atoms with E-state index in [0.717, 1.165) is 45.3 Å². The molecule has 0 unspecified atom stereocenters. The summed E-state index contributed by atoms with van der Waals surface area (Å²) in [6, 6.07) is 19.7. The Morgan fingerprint density at radius 3 is 2.33 bits per heavy atom. The van der Waals surface area contributed by atoms with Gasteiger partial charge in [-0.15, -0.1) is 0 Å². The van der Waals surface area contributed by atoms with Crippen LogP contribution in [0.2, 0.25) is 0 Å². The van der Waals surface area contributed by atoms with Gasteiger partial charge in [-0.25, -0.2) is 8.42 Å². The number of nitrogens with zero attached hydrogens (tertiary/aromatic N) is 2. The predicted molar refractivity (Wildman–Crippen MR) is 145 cm³/mol. The van der Waals surface area contributed by atoms with Crippen molar-refractivity contribution >= 4 is 38.3 Å². The number of hydrogen-bond acceptors (Lipinski definition) is 4. The lowest BCUT2D eigenvalue weighted by atomic mass is 10.1. The van der Waals surface area contributed by atoms with Gasteiger partial charge in [0, 0.05) is 18.5 Å². The van der Waals surface area contributed by atoms with Gasteiger partial charge in [-0.2, -0.15) is 0 Å². The van der Waals surface area contributed by atoms with Crippen LogP contribution >= 0.6 is 0 Å². The van der Waals surface area contributed by atoms with Crippen LogP contribution in [0.4, 0.5) is 5.69 Å². The Balaban J connectivity index is 1.97. The summed E-state index contributed by atoms with van der Waals surface area (Å²) in [7, 11) is -3.80. The summed E-state index contributed by atoms with van der Waals surface area (Å²) < 4.78 is 26.9. The highest BCUT2D eigenvalue weighted by molar-refractivity contribution is 7.92. The summed E-state index contributed by atoms with van der Waals surface area (Å²) in [6.07, 6.45) is 2.87. The van der Waals surface area contributed by atoms with E-state index < -0.39 is 28.5 Å². The van der Waals surface area contributed by atoms with E-state index in [0.29, 0.717) is 12.2 Å². The van der Waals surface area contributed by atoms with Gasteiger partial charge in [0.05, 0.1) is 11.9 Å². The van der Waals surface area contributed by atoms with Crippen LogP contribution in [0.5, 0.6) is 0 Å². The molecule has 0 heterocycles. The van der Waals surface area contributed by atoms with Crippen molar-refractivity contribution < 1.29 is 18.0 Å². The van der Waals surface area contributed by atoms with Gasteiger partial charge in [0.2, 0.25) is 21.8 Å². The first-order valence-electron chi connectivity index (χ1n) is 12.2. The molecule has 0 aliphatic rings. The lowest BCUT2D eigenvalue weighted by Gasteiger charge is -2.32. The maximum absolute atomic E-state index is 13.7. The van der Waals surface area contributed by atoms with Crippen LogP contribution in [0.15, 0.2) is 66.7 Å². The molecular weight excluding hydrogens is 474 g/mol. The van der Waals surface area contributed by atoms with Gasteiger partial charge < -0.3 is 10.2 Å². The second-order valence-electron chi connectivity index (χ2n) is 9.04. The van der Waals surface area contributed by atoms with Crippen molar-refractivity contribution in [2.75, 3.05) is 23.7 Å². The summed E-state index contributed by atoms with van der Waals surface area (Å²) in [4.78, 5) is 28.1. The first-order valence-corrected chi connectivity index (χ1v) is 14.1. The van der Waals surface area contributed by atoms with Crippen LogP contribution < -0.4 is 9.62 Å². The third-order valence-corrected chi connectivity index (χ3v) is 7.44. The Kier molecular flexibility index (Phi) is 9.09. The van der Waals surface area contributed by atoms with Gasteiger partial charge >= 0.3 is 0 Å². The molecule has 0 fully saturated rings. The number of sulfonamides is 1. The minimum Gasteiger partial charge on any atom is -0.354 e. The van der Waals surface area contributed by atoms with Crippen LogP contribution in [0.1, 0.15) is 37.8 Å². The summed E-state index contributed by atoms with van der Waals surface area (Å²) >= 11 is 0. The minimum absolute atomic E-state index is 0.195. The molecule has 7 nitrogen and oxygen atoms in total. The lowest BCUT2D eigenvalue weighted by molar-refractivity contribution is -0.139. The van der Waals surface area contributed by atoms with Gasteiger partial charge in [0.25, 0.3) is 0 Å². The molecule has 8 heteroatoms. The Labute approximate surface area is 214 Å². The summed E-state index contributed by atoms with van der Waals surface area (Å²) in [5.41, 5.74) is 2.32. The Bertz CT molecular complexity index is 1320. The van der Waals surface area contributed by atoms with Gasteiger partial charge in [-0.1, -0.05) is 74.0 Å². The third-order valence-electron chi connectivity index (χ3n) is 6.31. The number of amides is 2. The number of aryl methyl sites for hydroxylation is 1. The van der Waals surface area contributed by atoms with Crippen molar-refractivity contribution in [1.82, 2.24) is 10.2 Å². The second-order valence-corrected chi connectivity index (χ2v) is 10.9. The number of carbonyl (C=O) groups is 2. The molecular formula is C28H35N3O4S. The molecule has 192 valence electrons. The minimum atomic E-state index is -3.80. The zero-order chi connectivity index (χ0) is 26.3. The molecule has 0 bridgehead atoms. The smallest absolute Gasteiger partial charge is 0.244 e. The molecule has 1 N–H and O–H groups in total. The molecule has 0 aromatic heterocycles. The van der Waals surface area contributed by atoms with Crippen molar-refractivity contribution in [3.63, 3.8) is 0 Å². The van der Waals surface area contributed by atoms with Crippen molar-refractivity contribution in [1.29, 1.82) is 0 Å². The van der Waals surface area contributed by atoms with E-state index in [1.54, 1.807) is 19.1 Å². The molecule has 0 aliphatic heterocycles. The van der Waals surface area contributed by atoms with Gasteiger partial charge in [-0.3, -0.25) is 13.9 Å². The molecule has 1 atom stereocenters. The molecule has 0 radical (unpaired) electrons. The number of anilines is 1. The largest absolute Gasteiger partial charge is 0.354 e. The van der Waals surface area contributed by atoms with Crippen molar-refractivity contribution in [2.24, 2.45) is 0 Å². The van der Waals surface area contributed by atoms with Crippen LogP contribution in [-0.2, 0) is 26.2 Å². The number of rotatable bonds is 11. The fourth-order valence-corrected chi connectivity index (χ4v) is 4.97. The van der Waals surface area contributed by atoms with E-state index in [1.165, 1.54) is 4.90 Å². The summed E-state index contributed by atoms with van der Waals surface area (Å²) in [6.45, 7) is 5.98. The van der Waals surface area contributed by atoms with E-state index in [4.69, 9.17) is 0 Å². The van der Waals surface area contributed by atoms with Crippen molar-refractivity contribution in [2.45, 2.75) is 46.2 Å². The van der Waals surface area contributed by atoms with Crippen molar-refractivity contribution in [3.05, 3.63) is 77.9 Å². The van der Waals surface area contributed by atoms with Crippen LogP contribution in [0.3, 0.4) is 0 Å². The molecule has 0 spiro atoms. The van der Waals surface area contributed by atoms with Crippen LogP contribution in [0.25, 0.3) is 10.8 Å². The second kappa shape index (κ2) is 12.0. The average Bonchev–Trinajstić information content (AvgIpc) is 2.85. The predicted octanol–water partition coefficient (Wildman–Crippen LogP) is 4.25. The molecule has 36 heavy (non-hydrogen) atoms. The standard InChI is InChI=1S/C28H35N3O4S/c1-5-6-18-29-28(33)22(3)30(19-24-14-8-7-12-21(24)2)27(32)20-31(36(4,34)35)26-17-11-15-23-13-9-10-16-25(23)26/h7-17,22H,5-6,18-20H2,1-4H3,(H,29,33)/t22-/m1/s1. The Hall–Kier alpha value is -3.39. The van der Waals surface area contributed by atoms with Crippen LogP contribution in [-0.4, -0.2) is 50.5 Å². The number of fused-ring (bicyclic) bond motifs is 1. The summed E-state index contributed by atoms with van der Waals surface area (Å²) in [5.74, 6) is -0.712. The van der Waals surface area contributed by atoms with Crippen LogP contribution in [0, 0.1) is 6.92 Å². The molecule has 3 aromatic carbocycles. The number of nitrogens with one attached hydrogen (secondary N) is 1. The van der Waals surface area contributed by atoms with E-state index in [-0.39, 0.29) is 12.5 Å². The molecule has 0 saturated heterocycles. The Morgan fingerprint density at radius 2 is 1.64 bits per heavy atom. The fourth-order valence-electron chi connectivity index (χ4n) is 4.11. The zero-order valence-corrected chi connectivity index (χ0v) is 22.2. The number of unbranched alkanes of at least 4 members (excludes halogenated alkanes) is 1. The van der Waals surface area contributed by atoms with Gasteiger partial charge in [-0.05, 0) is 42.8 Å². The average molecular weight is 510 g/mol. The number of carbonyl (C=O) groups excluding carboxylic acids is 2.